The third kappa shape index (κ3) is 10.4. The van der Waals surface area contributed by atoms with Crippen molar-refractivity contribution in [1.82, 2.24) is 26.6 Å². The van der Waals surface area contributed by atoms with Crippen LogP contribution in [0.15, 0.2) is 89.8 Å². The van der Waals surface area contributed by atoms with Crippen molar-refractivity contribution in [2.45, 2.75) is 94.8 Å². The number of rotatable bonds is 20. The van der Waals surface area contributed by atoms with Gasteiger partial charge in [-0.3, -0.25) is 33.6 Å². The van der Waals surface area contributed by atoms with Crippen molar-refractivity contribution in [2.24, 2.45) is 22.7 Å². The molecule has 3 saturated carbocycles. The average Bonchev–Trinajstić information content (AvgIpc) is 4.07. The van der Waals surface area contributed by atoms with Crippen LogP contribution in [0.2, 0.25) is 0 Å². The third-order valence-electron chi connectivity index (χ3n) is 15.3. The van der Waals surface area contributed by atoms with Crippen LogP contribution in [0.25, 0.3) is 0 Å². The molecular weight excluding hydrogens is 1020 g/mol. The lowest BCUT2D eigenvalue weighted by molar-refractivity contribution is -0.231. The summed E-state index contributed by atoms with van der Waals surface area (Å²) in [4.78, 5) is 89.1. The van der Waals surface area contributed by atoms with Crippen LogP contribution in [0.4, 0.5) is 4.39 Å². The molecule has 1 saturated heterocycles. The summed E-state index contributed by atoms with van der Waals surface area (Å²) in [5.74, 6) is -4.57. The molecule has 20 heteroatoms. The molecule has 8 rings (SSSR count). The summed E-state index contributed by atoms with van der Waals surface area (Å²) in [7, 11) is 0. The molecule has 1 aliphatic heterocycles. The van der Waals surface area contributed by atoms with Crippen LogP contribution in [0.5, 0.6) is 0 Å². The predicted octanol–water partition coefficient (Wildman–Crippen LogP) is 3.10. The fourth-order valence-electron chi connectivity index (χ4n) is 11.7. The number of thiophene rings is 1. The monoisotopic (exact) mass is 1080 g/mol. The number of carbonyl (C=O) groups is 7. The Labute approximate surface area is 428 Å². The van der Waals surface area contributed by atoms with E-state index >= 15 is 4.39 Å². The van der Waals surface area contributed by atoms with Crippen molar-refractivity contribution in [1.29, 1.82) is 0 Å². The summed E-state index contributed by atoms with van der Waals surface area (Å²) >= 11 is 4.48. The quantitative estimate of drug-likeness (QED) is 0.0491. The number of fused-ring (bicyclic) bond motifs is 7. The number of halogens is 2. The highest BCUT2D eigenvalue weighted by molar-refractivity contribution is 9.09. The zero-order valence-corrected chi connectivity index (χ0v) is 42.3. The first kappa shape index (κ1) is 52.8. The first-order valence-electron chi connectivity index (χ1n) is 23.9. The van der Waals surface area contributed by atoms with Gasteiger partial charge in [-0.25, -0.2) is 4.39 Å². The van der Waals surface area contributed by atoms with Crippen LogP contribution in [0, 0.1) is 22.7 Å². The van der Waals surface area contributed by atoms with E-state index in [9.17, 15) is 43.8 Å². The Bertz CT molecular complexity index is 2630. The summed E-state index contributed by atoms with van der Waals surface area (Å²) in [6.45, 7) is 1.72. The number of Topliss-reactive ketones (excluding diaryl/α,β-unsaturated/α-hetero) is 1. The molecule has 17 nitrogen and oxygen atoms in total. The van der Waals surface area contributed by atoms with E-state index in [1.807, 2.05) is 48.7 Å². The molecule has 0 radical (unpaired) electrons. The fraction of sp³-hybridized carbons (Fsp3) is 0.481. The number of ether oxygens (including phenoxy) is 3. The second kappa shape index (κ2) is 21.9. The lowest BCUT2D eigenvalue weighted by Crippen LogP contribution is -2.69. The summed E-state index contributed by atoms with van der Waals surface area (Å²) in [6.07, 6.45) is 3.07. The van der Waals surface area contributed by atoms with Crippen molar-refractivity contribution in [2.75, 3.05) is 38.3 Å². The van der Waals surface area contributed by atoms with Gasteiger partial charge in [0.1, 0.15) is 19.4 Å². The topological polar surface area (TPSA) is 248 Å². The SMILES string of the molecule is C[C@]12C=CC(=O)C=C1CC[C@H]1[C@@H]3C[C@H]4O[C@@H](c5csc(Cc6ccc(COCNC(=O)CNC(=O)[C@H](Cc7ccccc7)NC(=O)CNC(=O)CNC(=O)CBr)cc6)c5)O[C@@]4(C(=O)CO)[C@@]3(C)C[C@H](O)[C@@]12F. The van der Waals surface area contributed by atoms with Crippen molar-refractivity contribution in [3.63, 3.8) is 0 Å². The molecule has 5 amide bonds. The molecule has 0 unspecified atom stereocenters. The van der Waals surface area contributed by atoms with Gasteiger partial charge in [0.15, 0.2) is 29.1 Å². The minimum atomic E-state index is -2.09. The Morgan fingerprint density at radius 1 is 0.903 bits per heavy atom. The maximum absolute atomic E-state index is 17.8. The van der Waals surface area contributed by atoms with Gasteiger partial charge in [0.2, 0.25) is 29.5 Å². The van der Waals surface area contributed by atoms with Crippen LogP contribution >= 0.6 is 27.3 Å². The normalized spacial score (nSPS) is 29.3. The van der Waals surface area contributed by atoms with Crippen molar-refractivity contribution >= 4 is 68.4 Å². The van der Waals surface area contributed by atoms with Gasteiger partial charge in [0, 0.05) is 40.0 Å². The Kier molecular flexibility index (Phi) is 16.1. The van der Waals surface area contributed by atoms with Gasteiger partial charge >= 0.3 is 0 Å². The number of allylic oxidation sites excluding steroid dienone is 4. The van der Waals surface area contributed by atoms with Crippen LogP contribution < -0.4 is 26.6 Å². The van der Waals surface area contributed by atoms with E-state index in [4.69, 9.17) is 14.2 Å². The van der Waals surface area contributed by atoms with Gasteiger partial charge in [-0.1, -0.05) is 89.1 Å². The molecule has 10 atom stereocenters. The number of carbonyl (C=O) groups excluding carboxylic acids is 7. The van der Waals surface area contributed by atoms with Crippen molar-refractivity contribution in [3.05, 3.63) is 117 Å². The number of hydrogen-bond donors (Lipinski definition) is 7. The number of hydrogen-bond acceptors (Lipinski definition) is 13. The number of aliphatic hydroxyl groups is 2. The molecule has 2 aromatic carbocycles. The molecule has 7 N–H and O–H groups in total. The Balaban J connectivity index is 0.801. The number of alkyl halides is 2. The number of benzene rings is 2. The summed E-state index contributed by atoms with van der Waals surface area (Å²) < 4.78 is 36.7. The molecule has 0 spiro atoms. The van der Waals surface area contributed by atoms with Crippen molar-refractivity contribution < 1.29 is 62.4 Å². The molecule has 72 heavy (non-hydrogen) atoms. The smallest absolute Gasteiger partial charge is 0.243 e. The van der Waals surface area contributed by atoms with E-state index < -0.39 is 107 Å². The highest BCUT2D eigenvalue weighted by Gasteiger charge is 2.79. The van der Waals surface area contributed by atoms with E-state index in [0.717, 1.165) is 21.6 Å². The minimum Gasteiger partial charge on any atom is -0.390 e. The standard InChI is InChI=1S/C52H59BrFN5O12S/c1-49-15-14-35(61)19-34(49)12-13-37-38-20-42-52(41(63)26-60,50(38,2)21-40(62)51(37,49)54)71-48(70-42)33-18-36(72-28-33)16-31-8-10-32(11-9-31)27-69-29-58-45(66)24-57-47(68)39(17-30-6-4-3-5-7-30)59-46(67)25-56-44(65)23-55-43(64)22-53/h3-11,14-15,18-19,28,37-40,42,48,60,62H,12-13,16-17,20-27,29H2,1-2H3,(H,55,64)(H,56,65)(H,57,68)(H,58,66)(H,59,67)/t37-,38-,39-,40-,42+,48+,49-,50-,51-,52+/m0/s1. The van der Waals surface area contributed by atoms with E-state index in [1.165, 1.54) is 23.5 Å². The molecular formula is C52H59BrFN5O12S. The molecule has 4 fully saturated rings. The van der Waals surface area contributed by atoms with E-state index in [-0.39, 0.29) is 50.4 Å². The van der Waals surface area contributed by atoms with Crippen molar-refractivity contribution in [3.8, 4) is 0 Å². The fourth-order valence-corrected chi connectivity index (χ4v) is 12.8. The number of ketones is 2. The van der Waals surface area contributed by atoms with E-state index in [2.05, 4.69) is 42.5 Å². The second-order valence-corrected chi connectivity index (χ2v) is 21.1. The Hall–Kier alpha value is -5.48. The highest BCUT2D eigenvalue weighted by Crippen LogP contribution is 2.72. The average molecular weight is 1080 g/mol. The molecule has 384 valence electrons. The van der Waals surface area contributed by atoms with E-state index in [1.54, 1.807) is 37.3 Å². The summed E-state index contributed by atoms with van der Waals surface area (Å²) in [5, 5.41) is 36.6. The van der Waals surface area contributed by atoms with Gasteiger partial charge in [0.05, 0.1) is 43.8 Å². The first-order valence-corrected chi connectivity index (χ1v) is 25.9. The predicted molar refractivity (Wildman–Crippen MR) is 264 cm³/mol. The molecule has 5 aliphatic rings. The number of aliphatic hydroxyl groups excluding tert-OH is 2. The molecule has 0 bridgehead atoms. The lowest BCUT2D eigenvalue weighted by atomic mass is 9.44. The minimum absolute atomic E-state index is 0.0201. The van der Waals surface area contributed by atoms with Gasteiger partial charge in [0.25, 0.3) is 0 Å². The molecule has 4 aliphatic carbocycles. The third-order valence-corrected chi connectivity index (χ3v) is 16.8. The first-order chi connectivity index (χ1) is 34.4. The van der Waals surface area contributed by atoms with Gasteiger partial charge in [-0.15, -0.1) is 11.3 Å². The van der Waals surface area contributed by atoms with Gasteiger partial charge < -0.3 is 51.0 Å². The Morgan fingerprint density at radius 3 is 2.33 bits per heavy atom. The van der Waals surface area contributed by atoms with E-state index in [0.29, 0.717) is 36.8 Å². The largest absolute Gasteiger partial charge is 0.390 e. The zero-order valence-electron chi connectivity index (χ0n) is 39.9. The molecule has 2 heterocycles. The summed E-state index contributed by atoms with van der Waals surface area (Å²) in [6, 6.07) is 17.6. The number of nitrogens with one attached hydrogen (secondary N) is 5. The molecule has 1 aromatic heterocycles. The van der Waals surface area contributed by atoms with Crippen LogP contribution in [0.1, 0.15) is 73.0 Å². The number of amides is 5. The second-order valence-electron chi connectivity index (χ2n) is 19.5. The molecule has 3 aromatic rings. The highest BCUT2D eigenvalue weighted by atomic mass is 79.9. The lowest BCUT2D eigenvalue weighted by Gasteiger charge is -2.62. The maximum atomic E-state index is 17.8. The van der Waals surface area contributed by atoms with Gasteiger partial charge in [-0.2, -0.15) is 0 Å². The Morgan fingerprint density at radius 2 is 1.60 bits per heavy atom. The zero-order chi connectivity index (χ0) is 51.4. The maximum Gasteiger partial charge on any atom is 0.243 e. The van der Waals surface area contributed by atoms with Crippen LogP contribution in [-0.4, -0.2) is 119 Å². The van der Waals surface area contributed by atoms with Crippen LogP contribution in [0.3, 0.4) is 0 Å². The van der Waals surface area contributed by atoms with Gasteiger partial charge in [-0.05, 0) is 78.8 Å². The summed E-state index contributed by atoms with van der Waals surface area (Å²) in [5.41, 5.74) is -1.95. The van der Waals surface area contributed by atoms with Crippen LogP contribution in [-0.2, 0) is 67.2 Å².